The predicted molar refractivity (Wildman–Crippen MR) is 61.3 cm³/mol. The van der Waals surface area contributed by atoms with Gasteiger partial charge < -0.3 is 5.73 Å². The maximum atomic E-state index is 13.6. The van der Waals surface area contributed by atoms with Crippen LogP contribution in [0.2, 0.25) is 0 Å². The van der Waals surface area contributed by atoms with E-state index in [0.29, 0.717) is 5.56 Å². The van der Waals surface area contributed by atoms with Crippen LogP contribution in [0, 0.1) is 17.1 Å². The number of rotatable bonds is 2. The topological polar surface area (TPSA) is 66.9 Å². The second kappa shape index (κ2) is 4.22. The number of carbonyl (C=O) groups excluding carboxylic acids is 1. The second-order valence-electron chi connectivity index (χ2n) is 3.92. The summed E-state index contributed by atoms with van der Waals surface area (Å²) in [7, 11) is 0. The molecule has 16 heavy (non-hydrogen) atoms. The summed E-state index contributed by atoms with van der Waals surface area (Å²) in [4.78, 5) is 11.0. The fourth-order valence-electron chi connectivity index (χ4n) is 1.23. The third-order valence-corrected chi connectivity index (χ3v) is 2.92. The summed E-state index contributed by atoms with van der Waals surface area (Å²) in [5.74, 6) is -1.56. The van der Waals surface area contributed by atoms with Gasteiger partial charge in [0.1, 0.15) is 5.82 Å². The van der Waals surface area contributed by atoms with Crippen molar-refractivity contribution in [2.45, 2.75) is 19.3 Å². The molecule has 0 aliphatic rings. The zero-order valence-corrected chi connectivity index (χ0v) is 10.4. The van der Waals surface area contributed by atoms with Gasteiger partial charge in [-0.2, -0.15) is 5.26 Å². The summed E-state index contributed by atoms with van der Waals surface area (Å²) < 4.78 is 13.9. The Bertz CT molecular complexity index is 468. The van der Waals surface area contributed by atoms with Gasteiger partial charge in [-0.1, -0.05) is 0 Å². The minimum atomic E-state index is -0.842. The lowest BCUT2D eigenvalue weighted by Gasteiger charge is -2.17. The predicted octanol–water partition coefficient (Wildman–Crippen LogP) is 2.49. The van der Waals surface area contributed by atoms with Crippen molar-refractivity contribution in [1.82, 2.24) is 0 Å². The molecule has 1 amide bonds. The highest BCUT2D eigenvalue weighted by atomic mass is 79.9. The molecule has 3 nitrogen and oxygen atoms in total. The molecule has 1 aromatic rings. The van der Waals surface area contributed by atoms with Gasteiger partial charge in [0.05, 0.1) is 17.0 Å². The number of benzene rings is 1. The number of amides is 1. The summed E-state index contributed by atoms with van der Waals surface area (Å²) in [5, 5.41) is 8.93. The lowest BCUT2D eigenvalue weighted by Crippen LogP contribution is -2.18. The number of primary amides is 1. The highest BCUT2D eigenvalue weighted by molar-refractivity contribution is 9.10. The van der Waals surface area contributed by atoms with Crippen LogP contribution in [0.15, 0.2) is 16.6 Å². The van der Waals surface area contributed by atoms with E-state index in [1.807, 2.05) is 0 Å². The molecule has 0 aromatic heterocycles. The molecule has 0 fully saturated rings. The van der Waals surface area contributed by atoms with Crippen molar-refractivity contribution >= 4 is 21.8 Å². The number of nitriles is 1. The van der Waals surface area contributed by atoms with E-state index in [-0.39, 0.29) is 10.0 Å². The smallest absolute Gasteiger partial charge is 0.252 e. The van der Waals surface area contributed by atoms with Crippen LogP contribution in [0.25, 0.3) is 0 Å². The zero-order chi connectivity index (χ0) is 12.5. The van der Waals surface area contributed by atoms with Crippen LogP contribution < -0.4 is 5.73 Å². The van der Waals surface area contributed by atoms with Crippen molar-refractivity contribution < 1.29 is 9.18 Å². The van der Waals surface area contributed by atoms with E-state index in [4.69, 9.17) is 11.0 Å². The average molecular weight is 285 g/mol. The molecule has 0 saturated carbocycles. The third-order valence-electron chi connectivity index (χ3n) is 2.29. The van der Waals surface area contributed by atoms with Crippen LogP contribution >= 0.6 is 15.9 Å². The molecule has 0 spiro atoms. The van der Waals surface area contributed by atoms with Gasteiger partial charge >= 0.3 is 0 Å². The van der Waals surface area contributed by atoms with Crippen LogP contribution in [0.3, 0.4) is 0 Å². The van der Waals surface area contributed by atoms with Crippen molar-refractivity contribution in [3.8, 4) is 6.07 Å². The number of carbonyl (C=O) groups is 1. The van der Waals surface area contributed by atoms with E-state index in [2.05, 4.69) is 22.0 Å². The van der Waals surface area contributed by atoms with Crippen molar-refractivity contribution in [3.05, 3.63) is 33.5 Å². The first-order valence-corrected chi connectivity index (χ1v) is 5.29. The molecule has 84 valence electrons. The molecule has 0 bridgehead atoms. The summed E-state index contributed by atoms with van der Waals surface area (Å²) in [5.41, 5.74) is 4.51. The van der Waals surface area contributed by atoms with Gasteiger partial charge in [0, 0.05) is 4.47 Å². The van der Waals surface area contributed by atoms with E-state index in [9.17, 15) is 9.18 Å². The molecule has 1 rings (SSSR count). The van der Waals surface area contributed by atoms with Crippen molar-refractivity contribution in [2.75, 3.05) is 0 Å². The average Bonchev–Trinajstić information content (AvgIpc) is 2.15. The molecular formula is C11H10BrFN2O. The minimum absolute atomic E-state index is 0.197. The first-order chi connectivity index (χ1) is 7.29. The van der Waals surface area contributed by atoms with Gasteiger partial charge in [-0.25, -0.2) is 4.39 Å². The number of nitrogens with two attached hydrogens (primary N) is 1. The summed E-state index contributed by atoms with van der Waals surface area (Å²) in [6, 6.07) is 4.75. The Kier molecular flexibility index (Phi) is 3.34. The van der Waals surface area contributed by atoms with Crippen LogP contribution in [0.5, 0.6) is 0 Å². The maximum Gasteiger partial charge on any atom is 0.252 e. The monoisotopic (exact) mass is 284 g/mol. The van der Waals surface area contributed by atoms with E-state index >= 15 is 0 Å². The highest BCUT2D eigenvalue weighted by Crippen LogP contribution is 2.29. The molecule has 0 aliphatic carbocycles. The molecule has 0 saturated heterocycles. The number of hydrogen-bond donors (Lipinski definition) is 1. The van der Waals surface area contributed by atoms with Gasteiger partial charge in [0.25, 0.3) is 5.91 Å². The lowest BCUT2D eigenvalue weighted by atomic mass is 9.86. The standard InChI is InChI=1S/C11H10BrFN2O/c1-11(2,5-14)6-3-7(12)9(10(15)16)8(13)4-6/h3-4H,1-2H3,(H2,15,16). The minimum Gasteiger partial charge on any atom is -0.365 e. The van der Waals surface area contributed by atoms with Crippen molar-refractivity contribution in [3.63, 3.8) is 0 Å². The number of hydrogen-bond acceptors (Lipinski definition) is 2. The zero-order valence-electron chi connectivity index (χ0n) is 8.84. The molecule has 0 aliphatic heterocycles. The lowest BCUT2D eigenvalue weighted by molar-refractivity contribution is 0.0995. The van der Waals surface area contributed by atoms with E-state index in [1.165, 1.54) is 6.07 Å². The van der Waals surface area contributed by atoms with Crippen LogP contribution in [0.1, 0.15) is 29.8 Å². The molecule has 0 unspecified atom stereocenters. The Hall–Kier alpha value is -1.41. The Morgan fingerprint density at radius 3 is 2.50 bits per heavy atom. The molecular weight excluding hydrogens is 275 g/mol. The molecule has 0 heterocycles. The quantitative estimate of drug-likeness (QED) is 0.907. The van der Waals surface area contributed by atoms with E-state index < -0.39 is 17.1 Å². The SMILES string of the molecule is CC(C)(C#N)c1cc(F)c(C(N)=O)c(Br)c1. The first kappa shape index (κ1) is 12.7. The van der Waals surface area contributed by atoms with Gasteiger partial charge in [0.2, 0.25) is 0 Å². The maximum absolute atomic E-state index is 13.6. The first-order valence-electron chi connectivity index (χ1n) is 4.50. The Morgan fingerprint density at radius 2 is 2.12 bits per heavy atom. The summed E-state index contributed by atoms with van der Waals surface area (Å²) >= 11 is 3.07. The Morgan fingerprint density at radius 1 is 1.56 bits per heavy atom. The van der Waals surface area contributed by atoms with Gasteiger partial charge in [-0.3, -0.25) is 4.79 Å². The van der Waals surface area contributed by atoms with Crippen LogP contribution in [-0.4, -0.2) is 5.91 Å². The molecule has 0 radical (unpaired) electrons. The van der Waals surface area contributed by atoms with Crippen LogP contribution in [0.4, 0.5) is 4.39 Å². The number of nitrogens with zero attached hydrogens (tertiary/aromatic N) is 1. The highest BCUT2D eigenvalue weighted by Gasteiger charge is 2.24. The van der Waals surface area contributed by atoms with Gasteiger partial charge in [-0.15, -0.1) is 0 Å². The molecule has 0 atom stereocenters. The van der Waals surface area contributed by atoms with Gasteiger partial charge in [-0.05, 0) is 47.5 Å². The normalized spacial score (nSPS) is 10.9. The van der Waals surface area contributed by atoms with E-state index in [0.717, 1.165) is 6.07 Å². The fraction of sp³-hybridized carbons (Fsp3) is 0.273. The largest absolute Gasteiger partial charge is 0.365 e. The van der Waals surface area contributed by atoms with E-state index in [1.54, 1.807) is 13.8 Å². The van der Waals surface area contributed by atoms with Gasteiger partial charge in [0.15, 0.2) is 0 Å². The Labute approximate surface area is 101 Å². The fourth-order valence-corrected chi connectivity index (χ4v) is 1.87. The molecule has 2 N–H and O–H groups in total. The molecule has 1 aromatic carbocycles. The third kappa shape index (κ3) is 2.22. The van der Waals surface area contributed by atoms with Crippen LogP contribution in [-0.2, 0) is 5.41 Å². The summed E-state index contributed by atoms with van der Waals surface area (Å²) in [6.07, 6.45) is 0. The Balaban J connectivity index is 3.43. The van der Waals surface area contributed by atoms with Crippen molar-refractivity contribution in [1.29, 1.82) is 5.26 Å². The second-order valence-corrected chi connectivity index (χ2v) is 4.77. The molecule has 5 heteroatoms. The van der Waals surface area contributed by atoms with Crippen molar-refractivity contribution in [2.24, 2.45) is 5.73 Å². The summed E-state index contributed by atoms with van der Waals surface area (Å²) in [6.45, 7) is 3.33. The number of halogens is 2.